The van der Waals surface area contributed by atoms with E-state index < -0.39 is 0 Å². The van der Waals surface area contributed by atoms with Gasteiger partial charge in [0.05, 0.1) is 29.9 Å². The lowest BCUT2D eigenvalue weighted by molar-refractivity contribution is -0.140. The van der Waals surface area contributed by atoms with Crippen LogP contribution in [-0.2, 0) is 15.3 Å². The highest BCUT2D eigenvalue weighted by Gasteiger charge is 2.14. The van der Waals surface area contributed by atoms with Gasteiger partial charge in [-0.3, -0.25) is 4.79 Å². The van der Waals surface area contributed by atoms with Crippen molar-refractivity contribution in [1.82, 2.24) is 10.2 Å². The van der Waals surface area contributed by atoms with E-state index in [1.807, 2.05) is 25.1 Å². The number of thioether (sulfide) groups is 1. The van der Waals surface area contributed by atoms with Crippen LogP contribution in [0.4, 0.5) is 0 Å². The number of methoxy groups -OCH3 is 1. The minimum Gasteiger partial charge on any atom is -0.469 e. The Balaban J connectivity index is 1.95. The van der Waals surface area contributed by atoms with E-state index in [1.165, 1.54) is 7.11 Å². The summed E-state index contributed by atoms with van der Waals surface area (Å²) in [6, 6.07) is 7.30. The summed E-state index contributed by atoms with van der Waals surface area (Å²) in [6.45, 7) is 1.95. The minimum atomic E-state index is -0.225. The Hall–Kier alpha value is -1.53. The molecule has 2 rings (SSSR count). The van der Waals surface area contributed by atoms with Gasteiger partial charge in [0, 0.05) is 5.25 Å². The molecular weight excluding hydrogens is 312 g/mol. The van der Waals surface area contributed by atoms with Crippen LogP contribution in [0.2, 0.25) is 5.02 Å². The van der Waals surface area contributed by atoms with Gasteiger partial charge in [0.1, 0.15) is 0 Å². The van der Waals surface area contributed by atoms with Crippen molar-refractivity contribution in [3.8, 4) is 11.5 Å². The Morgan fingerprint density at radius 3 is 2.90 bits per heavy atom. The molecule has 1 unspecified atom stereocenters. The molecule has 1 atom stereocenters. The van der Waals surface area contributed by atoms with Crippen molar-refractivity contribution < 1.29 is 13.9 Å². The molecular formula is C14H15ClN2O3S. The first kappa shape index (κ1) is 15.9. The van der Waals surface area contributed by atoms with Crippen LogP contribution in [0.15, 0.2) is 28.7 Å². The maximum absolute atomic E-state index is 11.2. The highest BCUT2D eigenvalue weighted by atomic mass is 35.5. The van der Waals surface area contributed by atoms with Crippen molar-refractivity contribution in [3.63, 3.8) is 0 Å². The highest BCUT2D eigenvalue weighted by molar-refractivity contribution is 7.99. The second kappa shape index (κ2) is 7.47. The Morgan fingerprint density at radius 1 is 1.43 bits per heavy atom. The van der Waals surface area contributed by atoms with Crippen LogP contribution in [0, 0.1) is 0 Å². The number of benzene rings is 1. The molecule has 0 saturated carbocycles. The molecule has 0 radical (unpaired) electrons. The predicted octanol–water partition coefficient (Wildman–Crippen LogP) is 3.57. The number of hydrogen-bond donors (Lipinski definition) is 0. The van der Waals surface area contributed by atoms with Gasteiger partial charge in [-0.05, 0) is 12.1 Å². The zero-order chi connectivity index (χ0) is 15.2. The van der Waals surface area contributed by atoms with Crippen molar-refractivity contribution in [2.45, 2.75) is 24.3 Å². The molecule has 0 bridgehead atoms. The lowest BCUT2D eigenvalue weighted by Gasteiger charge is -2.07. The fraction of sp³-hybridized carbons (Fsp3) is 0.357. The van der Waals surface area contributed by atoms with Crippen LogP contribution >= 0.6 is 23.4 Å². The van der Waals surface area contributed by atoms with Crippen LogP contribution < -0.4 is 0 Å². The Labute approximate surface area is 132 Å². The van der Waals surface area contributed by atoms with Crippen molar-refractivity contribution in [1.29, 1.82) is 0 Å². The van der Waals surface area contributed by atoms with Crippen molar-refractivity contribution in [2.24, 2.45) is 0 Å². The Bertz CT molecular complexity index is 618. The van der Waals surface area contributed by atoms with E-state index in [2.05, 4.69) is 14.9 Å². The van der Waals surface area contributed by atoms with Gasteiger partial charge in [0.15, 0.2) is 0 Å². The normalized spacial score (nSPS) is 12.1. The summed E-state index contributed by atoms with van der Waals surface area (Å²) >= 11 is 7.64. The van der Waals surface area contributed by atoms with Gasteiger partial charge in [-0.15, -0.1) is 22.0 Å². The average Bonchev–Trinajstić information content (AvgIpc) is 2.94. The number of carbonyl (C=O) groups is 1. The summed E-state index contributed by atoms with van der Waals surface area (Å²) in [6.07, 6.45) is 0.354. The largest absolute Gasteiger partial charge is 0.469 e. The number of rotatable bonds is 6. The van der Waals surface area contributed by atoms with Crippen LogP contribution in [0.5, 0.6) is 0 Å². The molecule has 5 nitrogen and oxygen atoms in total. The van der Waals surface area contributed by atoms with Crippen LogP contribution in [-0.4, -0.2) is 28.5 Å². The molecule has 0 aliphatic heterocycles. The summed E-state index contributed by atoms with van der Waals surface area (Å²) in [5.41, 5.74) is 0.713. The molecule has 0 fully saturated rings. The van der Waals surface area contributed by atoms with Gasteiger partial charge in [-0.25, -0.2) is 0 Å². The van der Waals surface area contributed by atoms with E-state index in [9.17, 15) is 4.79 Å². The lowest BCUT2D eigenvalue weighted by Crippen LogP contribution is -2.08. The maximum Gasteiger partial charge on any atom is 0.306 e. The van der Waals surface area contributed by atoms with Crippen LogP contribution in [0.25, 0.3) is 11.5 Å². The van der Waals surface area contributed by atoms with Crippen molar-refractivity contribution in [2.75, 3.05) is 7.11 Å². The quantitative estimate of drug-likeness (QED) is 0.756. The molecule has 112 valence electrons. The van der Waals surface area contributed by atoms with E-state index in [4.69, 9.17) is 16.0 Å². The van der Waals surface area contributed by atoms with E-state index >= 15 is 0 Å². The van der Waals surface area contributed by atoms with E-state index in [0.29, 0.717) is 34.5 Å². The molecule has 2 aromatic rings. The summed E-state index contributed by atoms with van der Waals surface area (Å²) in [5.74, 6) is 1.22. The molecule has 0 N–H and O–H groups in total. The number of aromatic nitrogens is 2. The second-order valence-electron chi connectivity index (χ2n) is 4.38. The second-order valence-corrected chi connectivity index (χ2v) is 6.22. The smallest absolute Gasteiger partial charge is 0.306 e. The third kappa shape index (κ3) is 4.47. The number of carbonyl (C=O) groups excluding carboxylic acids is 1. The zero-order valence-corrected chi connectivity index (χ0v) is 13.3. The number of nitrogens with zero attached hydrogens (tertiary/aromatic N) is 2. The van der Waals surface area contributed by atoms with Crippen molar-refractivity contribution >= 4 is 29.3 Å². The molecule has 0 saturated heterocycles. The number of esters is 1. The number of halogens is 1. The third-order valence-corrected chi connectivity index (χ3v) is 4.22. The molecule has 0 aliphatic carbocycles. The molecule has 0 amide bonds. The topological polar surface area (TPSA) is 65.2 Å². The monoisotopic (exact) mass is 326 g/mol. The van der Waals surface area contributed by atoms with Gasteiger partial charge in [0.2, 0.25) is 11.8 Å². The van der Waals surface area contributed by atoms with Gasteiger partial charge in [-0.2, -0.15) is 0 Å². The fourth-order valence-electron chi connectivity index (χ4n) is 1.65. The van der Waals surface area contributed by atoms with E-state index in [-0.39, 0.29) is 11.2 Å². The van der Waals surface area contributed by atoms with Gasteiger partial charge >= 0.3 is 5.97 Å². The van der Waals surface area contributed by atoms with Crippen molar-refractivity contribution in [3.05, 3.63) is 35.2 Å². The van der Waals surface area contributed by atoms with Gasteiger partial charge in [-0.1, -0.05) is 30.7 Å². The third-order valence-electron chi connectivity index (χ3n) is 2.74. The Kier molecular flexibility index (Phi) is 5.64. The molecule has 0 aliphatic rings. The molecule has 1 aromatic heterocycles. The molecule has 1 heterocycles. The highest BCUT2D eigenvalue weighted by Crippen LogP contribution is 2.27. The van der Waals surface area contributed by atoms with E-state index in [1.54, 1.807) is 17.8 Å². The average molecular weight is 327 g/mol. The fourth-order valence-corrected chi connectivity index (χ4v) is 2.66. The summed E-state index contributed by atoms with van der Waals surface area (Å²) < 4.78 is 10.2. The Morgan fingerprint density at radius 2 is 2.19 bits per heavy atom. The van der Waals surface area contributed by atoms with Crippen LogP contribution in [0.3, 0.4) is 0 Å². The lowest BCUT2D eigenvalue weighted by atomic mass is 10.2. The summed E-state index contributed by atoms with van der Waals surface area (Å²) in [7, 11) is 1.38. The summed E-state index contributed by atoms with van der Waals surface area (Å²) in [4.78, 5) is 11.2. The maximum atomic E-state index is 11.2. The first-order valence-corrected chi connectivity index (χ1v) is 7.78. The minimum absolute atomic E-state index is 0.119. The molecule has 7 heteroatoms. The predicted molar refractivity (Wildman–Crippen MR) is 82.1 cm³/mol. The van der Waals surface area contributed by atoms with E-state index in [0.717, 1.165) is 0 Å². The van der Waals surface area contributed by atoms with Gasteiger partial charge in [0.25, 0.3) is 0 Å². The van der Waals surface area contributed by atoms with Gasteiger partial charge < -0.3 is 9.15 Å². The SMILES string of the molecule is COC(=O)CC(C)SCc1nnc(-c2ccccc2Cl)o1. The molecule has 21 heavy (non-hydrogen) atoms. The summed E-state index contributed by atoms with van der Waals surface area (Å²) in [5, 5.41) is 8.68. The molecule has 1 aromatic carbocycles. The number of hydrogen-bond acceptors (Lipinski definition) is 6. The van der Waals surface area contributed by atoms with Crippen LogP contribution in [0.1, 0.15) is 19.2 Å². The first-order valence-electron chi connectivity index (χ1n) is 6.36. The zero-order valence-electron chi connectivity index (χ0n) is 11.7. The number of ether oxygens (including phenoxy) is 1. The molecule has 0 spiro atoms. The first-order chi connectivity index (χ1) is 10.1. The standard InChI is InChI=1S/C14H15ClN2O3S/c1-9(7-13(18)19-2)21-8-12-16-17-14(20-12)10-5-3-4-6-11(10)15/h3-6,9H,7-8H2,1-2H3.